The largest absolute Gasteiger partial charge is 0.459 e. The van der Waals surface area contributed by atoms with Crippen molar-refractivity contribution in [3.63, 3.8) is 0 Å². The molecule has 2 aromatic heterocycles. The lowest BCUT2D eigenvalue weighted by Gasteiger charge is -2.25. The van der Waals surface area contributed by atoms with Gasteiger partial charge in [-0.15, -0.1) is 0 Å². The van der Waals surface area contributed by atoms with Crippen LogP contribution in [0.1, 0.15) is 35.5 Å². The maximum Gasteiger partial charge on any atom is 0.226 e. The summed E-state index contributed by atoms with van der Waals surface area (Å²) >= 11 is 11.8. The van der Waals surface area contributed by atoms with Crippen molar-refractivity contribution in [3.05, 3.63) is 107 Å². The fraction of sp³-hybridized carbons (Fsp3) is 0.179. The van der Waals surface area contributed by atoms with Crippen molar-refractivity contribution in [1.82, 2.24) is 15.2 Å². The highest BCUT2D eigenvalue weighted by atomic mass is 35.5. The Hall–Kier alpha value is -3.68. The molecule has 2 atom stereocenters. The summed E-state index contributed by atoms with van der Waals surface area (Å²) in [6, 6.07) is 24.5. The maximum atomic E-state index is 12.7. The van der Waals surface area contributed by atoms with E-state index in [4.69, 9.17) is 28.2 Å². The number of pyridine rings is 1. The van der Waals surface area contributed by atoms with Gasteiger partial charge in [0.25, 0.3) is 0 Å². The molecule has 36 heavy (non-hydrogen) atoms. The van der Waals surface area contributed by atoms with Crippen LogP contribution in [0, 0.1) is 6.92 Å². The Morgan fingerprint density at radius 3 is 2.58 bits per heavy atom. The van der Waals surface area contributed by atoms with Crippen LogP contribution < -0.4 is 10.6 Å². The summed E-state index contributed by atoms with van der Waals surface area (Å²) in [7, 11) is 0. The van der Waals surface area contributed by atoms with Crippen LogP contribution in [0.3, 0.4) is 0 Å². The van der Waals surface area contributed by atoms with Gasteiger partial charge in [-0.3, -0.25) is 9.78 Å². The molecule has 6 nitrogen and oxygen atoms in total. The van der Waals surface area contributed by atoms with Gasteiger partial charge in [-0.1, -0.05) is 35.4 Å². The summed E-state index contributed by atoms with van der Waals surface area (Å²) in [5.41, 5.74) is 3.69. The number of halogens is 1. The average Bonchev–Trinajstić information content (AvgIpc) is 3.50. The Bertz CT molecular complexity index is 1360. The van der Waals surface area contributed by atoms with Gasteiger partial charge in [0.15, 0.2) is 5.11 Å². The number of anilines is 1. The van der Waals surface area contributed by atoms with Crippen molar-refractivity contribution in [2.24, 2.45) is 0 Å². The molecule has 182 valence electrons. The normalized spacial score (nSPS) is 17.2. The van der Waals surface area contributed by atoms with Crippen LogP contribution >= 0.6 is 23.8 Å². The molecule has 0 aliphatic carbocycles. The highest BCUT2D eigenvalue weighted by molar-refractivity contribution is 7.80. The number of nitrogens with zero attached hydrogens (tertiary/aromatic N) is 2. The first kappa shape index (κ1) is 24.0. The molecule has 0 spiro atoms. The molecule has 1 aliphatic rings. The molecular weight excluding hydrogens is 492 g/mol. The average molecular weight is 517 g/mol. The second kappa shape index (κ2) is 10.5. The summed E-state index contributed by atoms with van der Waals surface area (Å²) in [5.74, 6) is 1.39. The van der Waals surface area contributed by atoms with E-state index in [9.17, 15) is 4.79 Å². The molecule has 4 aromatic rings. The quantitative estimate of drug-likeness (QED) is 0.281. The van der Waals surface area contributed by atoms with E-state index >= 15 is 0 Å². The number of hydrogen-bond acceptors (Lipinski definition) is 4. The van der Waals surface area contributed by atoms with Crippen molar-refractivity contribution < 1.29 is 9.21 Å². The van der Waals surface area contributed by atoms with Gasteiger partial charge in [0.05, 0.1) is 11.7 Å². The summed E-state index contributed by atoms with van der Waals surface area (Å²) in [5, 5.41) is 7.58. The van der Waals surface area contributed by atoms with E-state index in [2.05, 4.69) is 15.6 Å². The molecule has 1 fully saturated rings. The van der Waals surface area contributed by atoms with E-state index in [1.54, 1.807) is 6.20 Å². The zero-order valence-corrected chi connectivity index (χ0v) is 21.2. The molecule has 0 saturated carbocycles. The van der Waals surface area contributed by atoms with Gasteiger partial charge < -0.3 is 20.0 Å². The maximum absolute atomic E-state index is 12.7. The molecule has 2 aromatic carbocycles. The van der Waals surface area contributed by atoms with Crippen LogP contribution in [0.15, 0.2) is 89.5 Å². The second-order valence-electron chi connectivity index (χ2n) is 8.69. The van der Waals surface area contributed by atoms with Crippen LogP contribution in [-0.2, 0) is 4.79 Å². The van der Waals surface area contributed by atoms with E-state index in [-0.39, 0.29) is 24.4 Å². The summed E-state index contributed by atoms with van der Waals surface area (Å²) < 4.78 is 6.32. The van der Waals surface area contributed by atoms with Gasteiger partial charge in [0.1, 0.15) is 17.6 Å². The van der Waals surface area contributed by atoms with Crippen LogP contribution in [0.2, 0.25) is 5.02 Å². The number of carbonyl (C=O) groups is 1. The Morgan fingerprint density at radius 2 is 1.86 bits per heavy atom. The standard InChI is InChI=1S/C28H25ClN4O2S/c1-18-5-11-21(12-6-18)31-25(34)15-17-33-27(26(32-28(33)36)22-4-2-3-16-30-22)24-14-13-23(35-24)19-7-9-20(29)10-8-19/h2-14,16,26-27H,15,17H2,1H3,(H,31,34)(H,32,36). The van der Waals surface area contributed by atoms with Gasteiger partial charge in [-0.2, -0.15) is 0 Å². The van der Waals surface area contributed by atoms with E-state index in [1.165, 1.54) is 0 Å². The first-order valence-electron chi connectivity index (χ1n) is 11.7. The molecule has 1 amide bonds. The minimum Gasteiger partial charge on any atom is -0.459 e. The highest BCUT2D eigenvalue weighted by Crippen LogP contribution is 2.40. The van der Waals surface area contributed by atoms with Crippen LogP contribution in [0.4, 0.5) is 5.69 Å². The number of amides is 1. The predicted octanol–water partition coefficient (Wildman–Crippen LogP) is 6.30. The van der Waals surface area contributed by atoms with E-state index < -0.39 is 0 Å². The molecule has 0 bridgehead atoms. The van der Waals surface area contributed by atoms with Crippen LogP contribution in [0.25, 0.3) is 11.3 Å². The smallest absolute Gasteiger partial charge is 0.226 e. The predicted molar refractivity (Wildman–Crippen MR) is 146 cm³/mol. The minimum absolute atomic E-state index is 0.0806. The fourth-order valence-corrected chi connectivity index (χ4v) is 4.78. The van der Waals surface area contributed by atoms with Crippen molar-refractivity contribution in [3.8, 4) is 11.3 Å². The van der Waals surface area contributed by atoms with Gasteiger partial charge in [0, 0.05) is 35.4 Å². The third-order valence-electron chi connectivity index (χ3n) is 6.16. The molecule has 8 heteroatoms. The van der Waals surface area contributed by atoms with Crippen molar-refractivity contribution in [2.45, 2.75) is 25.4 Å². The van der Waals surface area contributed by atoms with Crippen LogP contribution in [0.5, 0.6) is 0 Å². The number of benzene rings is 2. The zero-order valence-electron chi connectivity index (χ0n) is 19.6. The number of hydrogen-bond donors (Lipinski definition) is 2. The molecule has 3 heterocycles. The summed E-state index contributed by atoms with van der Waals surface area (Å²) in [4.78, 5) is 19.3. The molecule has 2 unspecified atom stereocenters. The monoisotopic (exact) mass is 516 g/mol. The van der Waals surface area contributed by atoms with Crippen molar-refractivity contribution in [1.29, 1.82) is 0 Å². The fourth-order valence-electron chi connectivity index (χ4n) is 4.32. The zero-order chi connectivity index (χ0) is 25.1. The van der Waals surface area contributed by atoms with Gasteiger partial charge in [-0.05, 0) is 79.8 Å². The lowest BCUT2D eigenvalue weighted by Crippen LogP contribution is -2.32. The molecule has 1 aliphatic heterocycles. The lowest BCUT2D eigenvalue weighted by atomic mass is 10.0. The van der Waals surface area contributed by atoms with E-state index in [0.29, 0.717) is 16.7 Å². The first-order valence-corrected chi connectivity index (χ1v) is 12.5. The Balaban J connectivity index is 1.38. The number of furan rings is 1. The topological polar surface area (TPSA) is 70.4 Å². The number of nitrogens with one attached hydrogen (secondary N) is 2. The van der Waals surface area contributed by atoms with Gasteiger partial charge in [-0.25, -0.2) is 0 Å². The molecule has 5 rings (SSSR count). The van der Waals surface area contributed by atoms with Crippen molar-refractivity contribution in [2.75, 3.05) is 11.9 Å². The SMILES string of the molecule is Cc1ccc(NC(=O)CCN2C(=S)NC(c3ccccn3)C2c2ccc(-c3ccc(Cl)cc3)o2)cc1. The second-order valence-corrected chi connectivity index (χ2v) is 9.52. The Labute approximate surface area is 220 Å². The molecule has 2 N–H and O–H groups in total. The number of aryl methyl sites for hydroxylation is 1. The number of carbonyl (C=O) groups excluding carboxylic acids is 1. The van der Waals surface area contributed by atoms with Crippen molar-refractivity contribution >= 4 is 40.5 Å². The van der Waals surface area contributed by atoms with Gasteiger partial charge in [0.2, 0.25) is 5.91 Å². The third-order valence-corrected chi connectivity index (χ3v) is 6.76. The number of thiocarbonyl (C=S) groups is 1. The molecule has 1 saturated heterocycles. The van der Waals surface area contributed by atoms with Gasteiger partial charge >= 0.3 is 0 Å². The number of aromatic nitrogens is 1. The lowest BCUT2D eigenvalue weighted by molar-refractivity contribution is -0.116. The summed E-state index contributed by atoms with van der Waals surface area (Å²) in [6.07, 6.45) is 2.03. The summed E-state index contributed by atoms with van der Waals surface area (Å²) in [6.45, 7) is 2.44. The van der Waals surface area contributed by atoms with Crippen LogP contribution in [-0.4, -0.2) is 27.4 Å². The first-order chi connectivity index (χ1) is 17.5. The molecular formula is C28H25ClN4O2S. The Kier molecular flexibility index (Phi) is 7.02. The molecule has 0 radical (unpaired) electrons. The minimum atomic E-state index is -0.263. The third kappa shape index (κ3) is 5.27. The van der Waals surface area contributed by atoms with E-state index in [0.717, 1.165) is 34.0 Å². The van der Waals surface area contributed by atoms with E-state index in [1.807, 2.05) is 90.7 Å². The highest BCUT2D eigenvalue weighted by Gasteiger charge is 2.41. The Morgan fingerprint density at radius 1 is 1.08 bits per heavy atom. The number of rotatable bonds is 7.